The van der Waals surface area contributed by atoms with Crippen LogP contribution in [0.4, 0.5) is 0 Å². The number of benzene rings is 1. The van der Waals surface area contributed by atoms with Gasteiger partial charge in [0.2, 0.25) is 0 Å². The largest absolute Gasteiger partial charge is 0.330 e. The highest BCUT2D eigenvalue weighted by molar-refractivity contribution is 5.32. The Morgan fingerprint density at radius 3 is 2.41 bits per heavy atom. The van der Waals surface area contributed by atoms with Gasteiger partial charge in [0.05, 0.1) is 0 Å². The van der Waals surface area contributed by atoms with Crippen molar-refractivity contribution in [2.24, 2.45) is 11.7 Å². The van der Waals surface area contributed by atoms with Gasteiger partial charge in [-0.3, -0.25) is 0 Å². The molecular weight excluding hydrogens is 206 g/mol. The second-order valence-corrected chi connectivity index (χ2v) is 5.58. The van der Waals surface area contributed by atoms with E-state index >= 15 is 0 Å². The van der Waals surface area contributed by atoms with E-state index in [0.29, 0.717) is 5.92 Å². The Labute approximate surface area is 105 Å². The summed E-state index contributed by atoms with van der Waals surface area (Å²) in [5.41, 5.74) is 10.3. The molecule has 0 amide bonds. The van der Waals surface area contributed by atoms with E-state index in [0.717, 1.165) is 12.5 Å². The summed E-state index contributed by atoms with van der Waals surface area (Å²) in [6.07, 6.45) is 6.95. The highest BCUT2D eigenvalue weighted by Crippen LogP contribution is 2.35. The van der Waals surface area contributed by atoms with Crippen LogP contribution in [0, 0.1) is 19.8 Å². The number of rotatable bonds is 3. The summed E-state index contributed by atoms with van der Waals surface area (Å²) in [7, 11) is 0. The average molecular weight is 231 g/mol. The third-order valence-corrected chi connectivity index (χ3v) is 4.43. The average Bonchev–Trinajstić information content (AvgIpc) is 2.36. The van der Waals surface area contributed by atoms with E-state index in [4.69, 9.17) is 5.73 Å². The maximum atomic E-state index is 6.02. The lowest BCUT2D eigenvalue weighted by Gasteiger charge is -2.30. The molecule has 0 aliphatic heterocycles. The van der Waals surface area contributed by atoms with Crippen LogP contribution in [0.2, 0.25) is 0 Å². The molecule has 1 saturated carbocycles. The van der Waals surface area contributed by atoms with Gasteiger partial charge in [-0.05, 0) is 61.8 Å². The van der Waals surface area contributed by atoms with Gasteiger partial charge in [-0.25, -0.2) is 0 Å². The molecule has 1 aromatic carbocycles. The van der Waals surface area contributed by atoms with Crippen LogP contribution in [0.25, 0.3) is 0 Å². The lowest BCUT2D eigenvalue weighted by atomic mass is 9.76. The fraction of sp³-hybridized carbons (Fsp3) is 0.625. The molecule has 1 fully saturated rings. The molecule has 0 bridgehead atoms. The SMILES string of the molecule is Cc1ccc(C(CN)C2CCCCC2)cc1C. The summed E-state index contributed by atoms with van der Waals surface area (Å²) < 4.78 is 0. The van der Waals surface area contributed by atoms with Crippen molar-refractivity contribution in [3.05, 3.63) is 34.9 Å². The predicted molar refractivity (Wildman–Crippen MR) is 74.3 cm³/mol. The Morgan fingerprint density at radius 2 is 1.82 bits per heavy atom. The fourth-order valence-corrected chi connectivity index (χ4v) is 3.13. The fourth-order valence-electron chi connectivity index (χ4n) is 3.13. The highest BCUT2D eigenvalue weighted by Gasteiger charge is 2.23. The maximum Gasteiger partial charge on any atom is -0.000556 e. The minimum atomic E-state index is 0.578. The molecule has 2 rings (SSSR count). The third-order valence-electron chi connectivity index (χ3n) is 4.43. The van der Waals surface area contributed by atoms with Gasteiger partial charge in [-0.1, -0.05) is 37.5 Å². The first-order valence-electron chi connectivity index (χ1n) is 6.99. The van der Waals surface area contributed by atoms with Crippen molar-refractivity contribution in [3.63, 3.8) is 0 Å². The van der Waals surface area contributed by atoms with E-state index < -0.39 is 0 Å². The summed E-state index contributed by atoms with van der Waals surface area (Å²) in [6.45, 7) is 5.18. The van der Waals surface area contributed by atoms with Crippen molar-refractivity contribution in [2.75, 3.05) is 6.54 Å². The van der Waals surface area contributed by atoms with Crippen molar-refractivity contribution >= 4 is 0 Å². The molecular formula is C16H25N. The van der Waals surface area contributed by atoms with E-state index in [-0.39, 0.29) is 0 Å². The Hall–Kier alpha value is -0.820. The molecule has 94 valence electrons. The molecule has 0 saturated heterocycles. The van der Waals surface area contributed by atoms with Crippen LogP contribution in [0.5, 0.6) is 0 Å². The summed E-state index contributed by atoms with van der Waals surface area (Å²) >= 11 is 0. The monoisotopic (exact) mass is 231 g/mol. The lowest BCUT2D eigenvalue weighted by Crippen LogP contribution is -2.23. The van der Waals surface area contributed by atoms with Gasteiger partial charge in [0.15, 0.2) is 0 Å². The van der Waals surface area contributed by atoms with Gasteiger partial charge in [-0.15, -0.1) is 0 Å². The topological polar surface area (TPSA) is 26.0 Å². The van der Waals surface area contributed by atoms with E-state index in [1.165, 1.54) is 48.8 Å². The Balaban J connectivity index is 2.18. The first kappa shape index (κ1) is 12.6. The van der Waals surface area contributed by atoms with Crippen LogP contribution in [-0.4, -0.2) is 6.54 Å². The highest BCUT2D eigenvalue weighted by atomic mass is 14.6. The summed E-state index contributed by atoms with van der Waals surface area (Å²) in [5, 5.41) is 0. The molecule has 1 nitrogen and oxygen atoms in total. The molecule has 1 aromatic rings. The minimum Gasteiger partial charge on any atom is -0.330 e. The van der Waals surface area contributed by atoms with Crippen molar-refractivity contribution in [1.29, 1.82) is 0 Å². The number of hydrogen-bond acceptors (Lipinski definition) is 1. The molecule has 1 aliphatic carbocycles. The standard InChI is InChI=1S/C16H25N/c1-12-8-9-15(10-13(12)2)16(11-17)14-6-4-3-5-7-14/h8-10,14,16H,3-7,11,17H2,1-2H3. The molecule has 0 radical (unpaired) electrons. The minimum absolute atomic E-state index is 0.578. The Kier molecular flexibility index (Phi) is 4.22. The first-order chi connectivity index (χ1) is 8.22. The molecule has 0 heterocycles. The molecule has 1 heteroatoms. The molecule has 1 atom stereocenters. The van der Waals surface area contributed by atoms with Crippen LogP contribution >= 0.6 is 0 Å². The van der Waals surface area contributed by atoms with E-state index in [2.05, 4.69) is 32.0 Å². The smallest absolute Gasteiger partial charge is 0.000556 e. The molecule has 1 unspecified atom stereocenters. The predicted octanol–water partition coefficient (Wildman–Crippen LogP) is 3.93. The summed E-state index contributed by atoms with van der Waals surface area (Å²) in [6, 6.07) is 6.88. The van der Waals surface area contributed by atoms with Gasteiger partial charge in [0.25, 0.3) is 0 Å². The van der Waals surface area contributed by atoms with Gasteiger partial charge in [-0.2, -0.15) is 0 Å². The van der Waals surface area contributed by atoms with Gasteiger partial charge >= 0.3 is 0 Å². The van der Waals surface area contributed by atoms with Gasteiger partial charge in [0, 0.05) is 0 Å². The van der Waals surface area contributed by atoms with Crippen LogP contribution in [0.1, 0.15) is 54.7 Å². The number of hydrogen-bond donors (Lipinski definition) is 1. The van der Waals surface area contributed by atoms with Crippen molar-refractivity contribution in [2.45, 2.75) is 51.9 Å². The van der Waals surface area contributed by atoms with E-state index in [9.17, 15) is 0 Å². The Morgan fingerprint density at radius 1 is 1.12 bits per heavy atom. The maximum absolute atomic E-state index is 6.02. The number of aryl methyl sites for hydroxylation is 2. The van der Waals surface area contributed by atoms with E-state index in [1.54, 1.807) is 0 Å². The van der Waals surface area contributed by atoms with Gasteiger partial charge in [0.1, 0.15) is 0 Å². The zero-order valence-electron chi connectivity index (χ0n) is 11.2. The number of nitrogens with two attached hydrogens (primary N) is 1. The first-order valence-corrected chi connectivity index (χ1v) is 6.99. The van der Waals surface area contributed by atoms with Crippen molar-refractivity contribution in [3.8, 4) is 0 Å². The molecule has 2 N–H and O–H groups in total. The zero-order valence-corrected chi connectivity index (χ0v) is 11.2. The molecule has 17 heavy (non-hydrogen) atoms. The van der Waals surface area contributed by atoms with Crippen LogP contribution in [0.3, 0.4) is 0 Å². The van der Waals surface area contributed by atoms with Crippen LogP contribution in [-0.2, 0) is 0 Å². The van der Waals surface area contributed by atoms with Crippen molar-refractivity contribution < 1.29 is 0 Å². The third kappa shape index (κ3) is 2.90. The van der Waals surface area contributed by atoms with Gasteiger partial charge < -0.3 is 5.73 Å². The quantitative estimate of drug-likeness (QED) is 0.838. The molecule has 1 aliphatic rings. The van der Waals surface area contributed by atoms with E-state index in [1.807, 2.05) is 0 Å². The Bertz CT molecular complexity index is 364. The second kappa shape index (κ2) is 5.68. The lowest BCUT2D eigenvalue weighted by molar-refractivity contribution is 0.307. The molecule has 0 spiro atoms. The summed E-state index contributed by atoms with van der Waals surface area (Å²) in [5.74, 6) is 1.39. The summed E-state index contributed by atoms with van der Waals surface area (Å²) in [4.78, 5) is 0. The molecule has 0 aromatic heterocycles. The zero-order chi connectivity index (χ0) is 12.3. The van der Waals surface area contributed by atoms with Crippen LogP contribution < -0.4 is 5.73 Å². The second-order valence-electron chi connectivity index (χ2n) is 5.58. The van der Waals surface area contributed by atoms with Crippen molar-refractivity contribution in [1.82, 2.24) is 0 Å². The van der Waals surface area contributed by atoms with Crippen LogP contribution in [0.15, 0.2) is 18.2 Å². The normalized spacial score (nSPS) is 19.2.